The Morgan fingerprint density at radius 1 is 1.11 bits per heavy atom. The third-order valence-electron chi connectivity index (χ3n) is 9.08. The van der Waals surface area contributed by atoms with Gasteiger partial charge in [-0.1, -0.05) is 42.8 Å². The van der Waals surface area contributed by atoms with Crippen LogP contribution >= 0.6 is 0 Å². The zero-order chi connectivity index (χ0) is 24.8. The van der Waals surface area contributed by atoms with E-state index in [4.69, 9.17) is 14.1 Å². The maximum absolute atomic E-state index is 14.0. The molecule has 0 amide bonds. The fourth-order valence-corrected chi connectivity index (χ4v) is 6.80. The van der Waals surface area contributed by atoms with E-state index < -0.39 is 5.54 Å². The number of aromatic nitrogens is 1. The molecular weight excluding hydrogens is 486 g/mol. The molecule has 6 nitrogen and oxygen atoms in total. The molecular formula is C30H38ClN3O3. The van der Waals surface area contributed by atoms with Crippen LogP contribution in [-0.2, 0) is 21.6 Å². The largest absolute Gasteiger partial charge is 1.00 e. The number of nitrogens with zero attached hydrogens (tertiary/aromatic N) is 3. The monoisotopic (exact) mass is 523 g/mol. The number of oxazole rings is 1. The van der Waals surface area contributed by atoms with E-state index >= 15 is 0 Å². The number of halogens is 1. The summed E-state index contributed by atoms with van der Waals surface area (Å²) in [6.45, 7) is 9.82. The summed E-state index contributed by atoms with van der Waals surface area (Å²) in [5.41, 5.74) is 3.25. The molecule has 0 radical (unpaired) electrons. The van der Waals surface area contributed by atoms with E-state index in [9.17, 15) is 4.79 Å². The Morgan fingerprint density at radius 2 is 1.84 bits per heavy atom. The molecule has 37 heavy (non-hydrogen) atoms. The molecule has 2 atom stereocenters. The SMILES string of the molecule is Cc1ccc2oc(C[N+]34CCC(CC3)[C@@H](OC(=O)[C@](C)(c3ccccc3)N3CCCCC3)C4)nc2c1.[Cl-]. The summed E-state index contributed by atoms with van der Waals surface area (Å²) in [6, 6.07) is 16.4. The highest BCUT2D eigenvalue weighted by Gasteiger charge is 2.51. The van der Waals surface area contributed by atoms with Gasteiger partial charge in [0.15, 0.2) is 18.2 Å². The lowest BCUT2D eigenvalue weighted by Gasteiger charge is -2.52. The standard InChI is InChI=1S/C30H38N3O3.ClH/c1-22-11-12-26-25(19-22)31-28(35-26)21-33-17-13-23(14-18-33)27(20-33)36-29(34)30(2,24-9-5-3-6-10-24)32-15-7-4-8-16-32;/h3,5-6,9-12,19,23,27H,4,7-8,13-18,20-21H2,1-2H3;1H/q+1;/p-1/t23?,27-,30-,33?;/m0./s1. The van der Waals surface area contributed by atoms with Gasteiger partial charge in [0, 0.05) is 18.8 Å². The van der Waals surface area contributed by atoms with Crippen LogP contribution in [-0.4, -0.2) is 59.2 Å². The van der Waals surface area contributed by atoms with Gasteiger partial charge in [-0.2, -0.15) is 0 Å². The molecule has 0 aliphatic carbocycles. The summed E-state index contributed by atoms with van der Waals surface area (Å²) in [4.78, 5) is 21.2. The zero-order valence-electron chi connectivity index (χ0n) is 22.0. The molecule has 7 rings (SSSR count). The van der Waals surface area contributed by atoms with Crippen molar-refractivity contribution in [2.75, 3.05) is 32.7 Å². The molecule has 2 bridgehead atoms. The molecule has 0 unspecified atom stereocenters. The highest BCUT2D eigenvalue weighted by atomic mass is 35.5. The van der Waals surface area contributed by atoms with Crippen molar-refractivity contribution in [3.63, 3.8) is 0 Å². The number of hydrogen-bond donors (Lipinski definition) is 0. The Labute approximate surface area is 226 Å². The number of aryl methyl sites for hydroxylation is 1. The van der Waals surface area contributed by atoms with Crippen molar-refractivity contribution >= 4 is 17.1 Å². The topological polar surface area (TPSA) is 55.6 Å². The van der Waals surface area contributed by atoms with Crippen LogP contribution in [0.15, 0.2) is 52.9 Å². The van der Waals surface area contributed by atoms with E-state index in [2.05, 4.69) is 43.0 Å². The van der Waals surface area contributed by atoms with Crippen molar-refractivity contribution in [1.82, 2.24) is 9.88 Å². The van der Waals surface area contributed by atoms with Crippen LogP contribution in [0.25, 0.3) is 11.1 Å². The van der Waals surface area contributed by atoms with Gasteiger partial charge in [-0.3, -0.25) is 4.90 Å². The number of ether oxygens (including phenoxy) is 1. The molecule has 0 spiro atoms. The molecule has 4 fully saturated rings. The van der Waals surface area contributed by atoms with E-state index in [1.165, 1.54) is 12.0 Å². The van der Waals surface area contributed by atoms with Gasteiger partial charge in [0.05, 0.1) is 13.1 Å². The first-order chi connectivity index (χ1) is 17.5. The van der Waals surface area contributed by atoms with Gasteiger partial charge >= 0.3 is 5.97 Å². The molecule has 3 aromatic rings. The van der Waals surface area contributed by atoms with Gasteiger partial charge in [0.25, 0.3) is 5.89 Å². The van der Waals surface area contributed by atoms with Crippen molar-refractivity contribution < 1.29 is 30.8 Å². The van der Waals surface area contributed by atoms with Crippen LogP contribution in [0.3, 0.4) is 0 Å². The fourth-order valence-electron chi connectivity index (χ4n) is 6.80. The average molecular weight is 524 g/mol. The van der Waals surface area contributed by atoms with E-state index in [0.717, 1.165) is 92.0 Å². The first-order valence-electron chi connectivity index (χ1n) is 13.7. The summed E-state index contributed by atoms with van der Waals surface area (Å²) >= 11 is 0. The second kappa shape index (κ2) is 10.4. The van der Waals surface area contributed by atoms with Crippen LogP contribution in [0.1, 0.15) is 56.0 Å². The highest BCUT2D eigenvalue weighted by Crippen LogP contribution is 2.40. The predicted octanol–water partition coefficient (Wildman–Crippen LogP) is 2.19. The quantitative estimate of drug-likeness (QED) is 0.366. The number of quaternary nitrogens is 1. The van der Waals surface area contributed by atoms with Gasteiger partial charge in [-0.15, -0.1) is 0 Å². The molecule has 4 aliphatic rings. The van der Waals surface area contributed by atoms with Crippen molar-refractivity contribution in [3.8, 4) is 0 Å². The van der Waals surface area contributed by atoms with E-state index in [1.54, 1.807) is 0 Å². The van der Waals surface area contributed by atoms with Crippen LogP contribution in [0.4, 0.5) is 0 Å². The van der Waals surface area contributed by atoms with Crippen molar-refractivity contribution in [1.29, 1.82) is 0 Å². The maximum Gasteiger partial charge on any atom is 0.331 e. The van der Waals surface area contributed by atoms with Crippen molar-refractivity contribution in [3.05, 3.63) is 65.5 Å². The summed E-state index contributed by atoms with van der Waals surface area (Å²) in [6.07, 6.45) is 5.61. The molecule has 0 N–H and O–H groups in total. The Kier molecular flexibility index (Phi) is 7.36. The number of carbonyl (C=O) groups excluding carboxylic acids is 1. The number of piperidine rings is 4. The fraction of sp³-hybridized carbons (Fsp3) is 0.533. The molecule has 0 saturated carbocycles. The summed E-state index contributed by atoms with van der Waals surface area (Å²) in [5.74, 6) is 1.15. The number of likely N-dealkylation sites (tertiary alicyclic amines) is 1. The lowest BCUT2D eigenvalue weighted by molar-refractivity contribution is -0.959. The Balaban J connectivity index is 0.00000280. The van der Waals surface area contributed by atoms with Gasteiger partial charge in [0.2, 0.25) is 0 Å². The Hall–Kier alpha value is -2.41. The number of benzene rings is 2. The molecule has 1 aromatic heterocycles. The molecule has 7 heteroatoms. The second-order valence-corrected chi connectivity index (χ2v) is 11.5. The molecule has 198 valence electrons. The molecule has 4 saturated heterocycles. The van der Waals surface area contributed by atoms with Crippen LogP contribution < -0.4 is 12.4 Å². The Morgan fingerprint density at radius 3 is 2.57 bits per heavy atom. The van der Waals surface area contributed by atoms with Crippen molar-refractivity contribution in [2.24, 2.45) is 5.92 Å². The maximum atomic E-state index is 14.0. The highest BCUT2D eigenvalue weighted by molar-refractivity contribution is 5.82. The van der Waals surface area contributed by atoms with Gasteiger partial charge in [-0.05, 0) is 63.0 Å². The number of esters is 1. The molecule has 5 heterocycles. The lowest BCUT2D eigenvalue weighted by Crippen LogP contribution is -3.00. The molecule has 2 aromatic carbocycles. The first-order valence-corrected chi connectivity index (χ1v) is 13.7. The van der Waals surface area contributed by atoms with E-state index in [-0.39, 0.29) is 24.5 Å². The smallest absolute Gasteiger partial charge is 0.331 e. The van der Waals surface area contributed by atoms with Gasteiger partial charge in [-0.25, -0.2) is 9.78 Å². The first kappa shape index (κ1) is 26.2. The van der Waals surface area contributed by atoms with Gasteiger partial charge in [0.1, 0.15) is 17.6 Å². The zero-order valence-corrected chi connectivity index (χ0v) is 22.8. The third kappa shape index (κ3) is 4.91. The number of rotatable bonds is 6. The second-order valence-electron chi connectivity index (χ2n) is 11.5. The minimum absolute atomic E-state index is 0. The number of fused-ring (bicyclic) bond motifs is 4. The predicted molar refractivity (Wildman–Crippen MR) is 139 cm³/mol. The van der Waals surface area contributed by atoms with Crippen LogP contribution in [0.2, 0.25) is 0 Å². The summed E-state index contributed by atoms with van der Waals surface area (Å²) < 4.78 is 13.5. The van der Waals surface area contributed by atoms with Crippen LogP contribution in [0.5, 0.6) is 0 Å². The normalized spacial score (nSPS) is 27.4. The van der Waals surface area contributed by atoms with Crippen LogP contribution in [0, 0.1) is 12.8 Å². The number of carbonyl (C=O) groups is 1. The minimum atomic E-state index is -0.753. The third-order valence-corrected chi connectivity index (χ3v) is 9.08. The average Bonchev–Trinajstić information content (AvgIpc) is 3.30. The Bertz CT molecular complexity index is 1230. The van der Waals surface area contributed by atoms with E-state index in [0.29, 0.717) is 5.92 Å². The summed E-state index contributed by atoms with van der Waals surface area (Å²) in [7, 11) is 0. The summed E-state index contributed by atoms with van der Waals surface area (Å²) in [5, 5.41) is 0. The number of hydrogen-bond acceptors (Lipinski definition) is 5. The van der Waals surface area contributed by atoms with Gasteiger partial charge < -0.3 is 26.0 Å². The van der Waals surface area contributed by atoms with Crippen molar-refractivity contribution in [2.45, 2.75) is 64.1 Å². The minimum Gasteiger partial charge on any atom is -1.00 e. The molecule has 4 aliphatic heterocycles. The van der Waals surface area contributed by atoms with E-state index in [1.807, 2.05) is 24.3 Å². The lowest BCUT2D eigenvalue weighted by atomic mass is 9.82.